The molecule has 1 rings (SSSR count). The maximum Gasteiger partial charge on any atom is 0.490 e. The summed E-state index contributed by atoms with van der Waals surface area (Å²) >= 11 is 0. The summed E-state index contributed by atoms with van der Waals surface area (Å²) in [5, 5.41) is 76.7. The number of alkyl halides is 3. The number of carboxylic acid groups (broad SMARTS) is 2. The molecular weight excluding hydrogens is 1400 g/mol. The van der Waals surface area contributed by atoms with Crippen LogP contribution in [0.3, 0.4) is 0 Å². The number of unbranched alkanes of at least 4 members (excludes halogenated alkanes) is 1. The van der Waals surface area contributed by atoms with Crippen LogP contribution in [0.2, 0.25) is 0 Å². The third-order valence-corrected chi connectivity index (χ3v) is 16.5. The fourth-order valence-electron chi connectivity index (χ4n) is 8.45. The smallest absolute Gasteiger partial charge is 0.480 e. The average Bonchev–Trinajstić information content (AvgIpc) is 0.866. The lowest BCUT2D eigenvalue weighted by Crippen LogP contribution is -2.63. The van der Waals surface area contributed by atoms with Crippen LogP contribution in [0.15, 0.2) is 4.99 Å². The number of aliphatic imine (C=N–C) groups is 1. The molecule has 0 bridgehead atoms. The second kappa shape index (κ2) is 45.8. The van der Waals surface area contributed by atoms with E-state index in [9.17, 15) is 106 Å². The molecule has 0 aliphatic carbocycles. The standard InChI is InChI=1S/C54H95N19O19S2.C2HF3O2/c1-22(2)18-32(46(84)64-25(5)53(91)92)67-44(82)30(13-11-17-61-54(59)60)65-45(83)31(14-15-36(57)77)66-51(89)39(27(7)75)71-41(79)23(3)62-48(86)34-20-93-94-21-35(69-43(81)29(56)12-9-10-16-55)49(87)68-33(19-37(58)78)47(85)73-38(26(6)74)50(88)63-24(4)42(80)72-40(28(8)76)52(90)70-34;3-2(4,5)1(6)7/h22-35,38-40,74-76H,9-21,55-56H2,1-8H3,(H2,57,77)(H2,58,78)(H,62,86)(H,63,88)(H,64,84)(H,65,83)(H,66,89)(H,67,82)(H,68,87)(H,69,81)(H,70,90)(H,71,79)(H,72,80)(H,73,85)(H,91,92)(H4,59,60,61);(H,6,7)/t23-,24-,25-,26+,27+,28+,29-,30-,31-,32-,33-,34?,35?,38?,39-,40?;/m0./s1. The fourth-order valence-corrected chi connectivity index (χ4v) is 10.8. The van der Waals surface area contributed by atoms with Gasteiger partial charge in [0.05, 0.1) is 30.8 Å². The van der Waals surface area contributed by atoms with Crippen LogP contribution in [-0.2, 0) is 76.7 Å². The van der Waals surface area contributed by atoms with E-state index >= 15 is 0 Å². The maximum atomic E-state index is 14.3. The lowest BCUT2D eigenvalue weighted by atomic mass is 10.0. The van der Waals surface area contributed by atoms with Crippen molar-refractivity contribution in [1.82, 2.24) is 63.8 Å². The third kappa shape index (κ3) is 36.3. The second-order valence-electron chi connectivity index (χ2n) is 23.6. The normalized spacial score (nSPS) is 21.0. The number of aliphatic hydroxyl groups is 3. The number of carbonyl (C=O) groups excluding carboxylic acids is 14. The number of amides is 14. The maximum absolute atomic E-state index is 14.3. The molecule has 14 amide bonds. The summed E-state index contributed by atoms with van der Waals surface area (Å²) in [5.41, 5.74) is 33.4. The highest BCUT2D eigenvalue weighted by Gasteiger charge is 2.40. The van der Waals surface area contributed by atoms with E-state index in [1.54, 1.807) is 13.8 Å². The molecular formula is C56H96F3N19O21S2. The number of guanidine groups is 1. The first-order valence-electron chi connectivity index (χ1n) is 31.3. The molecule has 1 fully saturated rings. The molecule has 0 aromatic carbocycles. The molecule has 0 radical (unpaired) electrons. The minimum absolute atomic E-state index is 0.0103. The Morgan fingerprint density at radius 3 is 1.59 bits per heavy atom. The minimum Gasteiger partial charge on any atom is -0.480 e. The number of rotatable bonds is 33. The Bertz CT molecular complexity index is 2920. The van der Waals surface area contributed by atoms with Crippen LogP contribution < -0.4 is 98.2 Å². The number of primary amides is 2. The van der Waals surface area contributed by atoms with Gasteiger partial charge < -0.3 is 124 Å². The zero-order valence-electron chi connectivity index (χ0n) is 56.6. The number of carbonyl (C=O) groups is 16. The van der Waals surface area contributed by atoms with Crippen molar-refractivity contribution in [2.75, 3.05) is 24.6 Å². The van der Waals surface area contributed by atoms with Gasteiger partial charge in [0.2, 0.25) is 82.7 Å². The highest BCUT2D eigenvalue weighted by Crippen LogP contribution is 2.24. The SMILES string of the molecule is CC(C)C[C@H](NC(=O)[C@H](CCCN=C(N)N)NC(=O)[C@H](CCC(N)=O)NC(=O)[C@@H](NC(=O)[C@H](C)NC(=O)C1CSSCC(NC(=O)[C@@H](N)CCCCN)C(=O)N[C@@H](CC(N)=O)C(=O)NC([C@@H](C)O)C(=O)N[C@@H](C)C(=O)NC([C@@H](C)O)C(=O)N1)[C@@H](C)O)C(=O)N[C@@H](C)C(=O)O.O=C(O)C(F)(F)F. The van der Waals surface area contributed by atoms with Gasteiger partial charge in [-0.2, -0.15) is 13.2 Å². The molecule has 0 spiro atoms. The number of hydrogen-bond donors (Lipinski definition) is 23. The van der Waals surface area contributed by atoms with Crippen molar-refractivity contribution in [1.29, 1.82) is 0 Å². The van der Waals surface area contributed by atoms with Gasteiger partial charge in [-0.05, 0) is 92.5 Å². The highest BCUT2D eigenvalue weighted by atomic mass is 33.1. The lowest BCUT2D eigenvalue weighted by molar-refractivity contribution is -0.192. The van der Waals surface area contributed by atoms with E-state index in [2.05, 4.69) is 68.8 Å². The molecule has 29 N–H and O–H groups in total. The molecule has 101 heavy (non-hydrogen) atoms. The molecule has 574 valence electrons. The number of hydrogen-bond acceptors (Lipinski definition) is 24. The molecule has 45 heteroatoms. The minimum atomic E-state index is -5.08. The number of halogens is 3. The Kier molecular flexibility index (Phi) is 41.7. The zero-order valence-corrected chi connectivity index (χ0v) is 58.3. The van der Waals surface area contributed by atoms with Crippen molar-refractivity contribution in [3.05, 3.63) is 0 Å². The van der Waals surface area contributed by atoms with Crippen LogP contribution in [0.1, 0.15) is 113 Å². The molecule has 1 aliphatic heterocycles. The Morgan fingerprint density at radius 1 is 0.584 bits per heavy atom. The number of nitrogens with zero attached hydrogens (tertiary/aromatic N) is 1. The first-order chi connectivity index (χ1) is 46.7. The molecule has 0 aromatic heterocycles. The Labute approximate surface area is 585 Å². The van der Waals surface area contributed by atoms with Gasteiger partial charge in [0.15, 0.2) is 5.96 Å². The van der Waals surface area contributed by atoms with Crippen LogP contribution in [-0.4, -0.2) is 254 Å². The quantitative estimate of drug-likeness (QED) is 0.0126. The second-order valence-corrected chi connectivity index (χ2v) is 26.1. The van der Waals surface area contributed by atoms with Gasteiger partial charge in [-0.25, -0.2) is 4.79 Å². The lowest BCUT2D eigenvalue weighted by Gasteiger charge is -2.29. The van der Waals surface area contributed by atoms with E-state index < -0.39 is 228 Å². The summed E-state index contributed by atoms with van der Waals surface area (Å²) < 4.78 is 31.7. The summed E-state index contributed by atoms with van der Waals surface area (Å²) in [5.74, 6) is -20.8. The Hall–Kier alpha value is -8.92. The van der Waals surface area contributed by atoms with Gasteiger partial charge in [0, 0.05) is 24.5 Å². The number of carboxylic acids is 2. The van der Waals surface area contributed by atoms with Crippen molar-refractivity contribution in [3.63, 3.8) is 0 Å². The van der Waals surface area contributed by atoms with Gasteiger partial charge in [0.1, 0.15) is 72.5 Å². The zero-order chi connectivity index (χ0) is 77.9. The molecule has 40 nitrogen and oxygen atoms in total. The van der Waals surface area contributed by atoms with Gasteiger partial charge >= 0.3 is 18.1 Å². The van der Waals surface area contributed by atoms with Crippen molar-refractivity contribution in [3.8, 4) is 0 Å². The van der Waals surface area contributed by atoms with Crippen LogP contribution in [0.25, 0.3) is 0 Å². The number of aliphatic carboxylic acids is 2. The van der Waals surface area contributed by atoms with E-state index in [1.165, 1.54) is 6.92 Å². The van der Waals surface area contributed by atoms with E-state index in [0.29, 0.717) is 12.8 Å². The molecule has 1 saturated heterocycles. The molecule has 4 unspecified atom stereocenters. The van der Waals surface area contributed by atoms with E-state index in [-0.39, 0.29) is 50.7 Å². The van der Waals surface area contributed by atoms with Crippen LogP contribution in [0, 0.1) is 5.92 Å². The Morgan fingerprint density at radius 2 is 1.10 bits per heavy atom. The predicted octanol–water partition coefficient (Wildman–Crippen LogP) is -9.18. The van der Waals surface area contributed by atoms with Gasteiger partial charge in [-0.3, -0.25) is 76.9 Å². The summed E-state index contributed by atoms with van der Waals surface area (Å²) in [6.07, 6.45) is -11.4. The van der Waals surface area contributed by atoms with Crippen LogP contribution in [0.5, 0.6) is 0 Å². The Balaban J connectivity index is 0.0000135. The highest BCUT2D eigenvalue weighted by molar-refractivity contribution is 8.76. The predicted molar refractivity (Wildman–Crippen MR) is 354 cm³/mol. The summed E-state index contributed by atoms with van der Waals surface area (Å²) in [6, 6.07) is -21.3. The topological polar surface area (TPSA) is 687 Å². The van der Waals surface area contributed by atoms with Crippen molar-refractivity contribution >= 4 is 122 Å². The molecule has 16 atom stereocenters. The van der Waals surface area contributed by atoms with Crippen molar-refractivity contribution in [2.24, 2.45) is 45.3 Å². The molecule has 1 aliphatic rings. The summed E-state index contributed by atoms with van der Waals surface area (Å²) in [6.45, 7) is 10.3. The fraction of sp³-hybridized carbons (Fsp3) is 0.696. The molecule has 0 saturated carbocycles. The summed E-state index contributed by atoms with van der Waals surface area (Å²) in [4.78, 5) is 214. The largest absolute Gasteiger partial charge is 0.490 e. The first-order valence-corrected chi connectivity index (χ1v) is 33.8. The number of nitrogens with one attached hydrogen (secondary N) is 12. The molecule has 1 heterocycles. The third-order valence-electron chi connectivity index (χ3n) is 14.1. The van der Waals surface area contributed by atoms with Crippen LogP contribution >= 0.6 is 21.6 Å². The monoisotopic (exact) mass is 1490 g/mol. The number of nitrogens with two attached hydrogens (primary N) is 6. The number of aliphatic hydroxyl groups excluding tert-OH is 3. The van der Waals surface area contributed by atoms with Crippen molar-refractivity contribution in [2.45, 2.75) is 216 Å². The van der Waals surface area contributed by atoms with E-state index in [0.717, 1.165) is 56.2 Å². The average molecular weight is 1490 g/mol. The van der Waals surface area contributed by atoms with Gasteiger partial charge in [0.25, 0.3) is 0 Å². The van der Waals surface area contributed by atoms with E-state index in [1.807, 2.05) is 0 Å². The van der Waals surface area contributed by atoms with E-state index in [4.69, 9.17) is 44.3 Å². The van der Waals surface area contributed by atoms with Gasteiger partial charge in [-0.1, -0.05) is 41.9 Å². The van der Waals surface area contributed by atoms with Crippen LogP contribution in [0.4, 0.5) is 13.2 Å². The van der Waals surface area contributed by atoms with Gasteiger partial charge in [-0.15, -0.1) is 0 Å². The van der Waals surface area contributed by atoms with Crippen molar-refractivity contribution < 1.29 is 115 Å². The summed E-state index contributed by atoms with van der Waals surface area (Å²) in [7, 11) is 1.57. The molecule has 0 aromatic rings. The first kappa shape index (κ1) is 92.1.